The standard InChI is InChI=1S/C21H22O4/c1-13-6-8-18(15(3)10-13)24-20(22)12-17(5)21(23)25-19-9-7-14(2)11-16(19)4/h6-11H,5,12H2,1-4H3. The van der Waals surface area contributed by atoms with E-state index in [1.54, 1.807) is 12.1 Å². The van der Waals surface area contributed by atoms with Gasteiger partial charge in [-0.1, -0.05) is 42.0 Å². The molecule has 0 saturated carbocycles. The number of benzene rings is 2. The fraction of sp³-hybridized carbons (Fsp3) is 0.238. The minimum absolute atomic E-state index is 0.0507. The first kappa shape index (κ1) is 18.5. The summed E-state index contributed by atoms with van der Waals surface area (Å²) in [6.07, 6.45) is -0.225. The van der Waals surface area contributed by atoms with Crippen molar-refractivity contribution in [1.29, 1.82) is 0 Å². The van der Waals surface area contributed by atoms with Gasteiger partial charge >= 0.3 is 11.9 Å². The van der Waals surface area contributed by atoms with E-state index in [2.05, 4.69) is 6.58 Å². The maximum Gasteiger partial charge on any atom is 0.339 e. The van der Waals surface area contributed by atoms with Crippen LogP contribution in [0, 0.1) is 27.7 Å². The molecule has 2 aromatic carbocycles. The van der Waals surface area contributed by atoms with Gasteiger partial charge in [0.05, 0.1) is 6.42 Å². The lowest BCUT2D eigenvalue weighted by molar-refractivity contribution is -0.136. The molecule has 130 valence electrons. The van der Waals surface area contributed by atoms with Crippen molar-refractivity contribution in [2.45, 2.75) is 34.1 Å². The lowest BCUT2D eigenvalue weighted by Crippen LogP contribution is -2.17. The zero-order chi connectivity index (χ0) is 18.6. The van der Waals surface area contributed by atoms with Gasteiger partial charge < -0.3 is 9.47 Å². The molecule has 0 unspecified atom stereocenters. The number of ether oxygens (including phenoxy) is 2. The minimum atomic E-state index is -0.635. The second-order valence-corrected chi connectivity index (χ2v) is 6.18. The Balaban J connectivity index is 1.96. The Morgan fingerprint density at radius 2 is 1.32 bits per heavy atom. The highest BCUT2D eigenvalue weighted by molar-refractivity contribution is 5.95. The molecule has 0 bridgehead atoms. The Labute approximate surface area is 148 Å². The van der Waals surface area contributed by atoms with Crippen molar-refractivity contribution in [3.63, 3.8) is 0 Å². The van der Waals surface area contributed by atoms with Gasteiger partial charge in [-0.25, -0.2) is 4.79 Å². The summed E-state index contributed by atoms with van der Waals surface area (Å²) in [6.45, 7) is 11.3. The normalized spacial score (nSPS) is 10.2. The average molecular weight is 338 g/mol. The number of rotatable bonds is 5. The molecule has 0 heterocycles. The van der Waals surface area contributed by atoms with E-state index in [9.17, 15) is 9.59 Å². The molecule has 25 heavy (non-hydrogen) atoms. The first-order chi connectivity index (χ1) is 11.8. The van der Waals surface area contributed by atoms with Gasteiger partial charge in [-0.3, -0.25) is 4.79 Å². The molecular weight excluding hydrogens is 316 g/mol. The van der Waals surface area contributed by atoms with Crippen molar-refractivity contribution in [3.8, 4) is 11.5 Å². The van der Waals surface area contributed by atoms with Crippen LogP contribution in [-0.4, -0.2) is 11.9 Å². The zero-order valence-electron chi connectivity index (χ0n) is 15.0. The molecule has 0 aliphatic rings. The van der Waals surface area contributed by atoms with Crippen molar-refractivity contribution in [1.82, 2.24) is 0 Å². The fourth-order valence-corrected chi connectivity index (χ4v) is 2.40. The van der Waals surface area contributed by atoms with E-state index in [0.29, 0.717) is 11.5 Å². The van der Waals surface area contributed by atoms with Crippen LogP contribution in [0.2, 0.25) is 0 Å². The number of hydrogen-bond acceptors (Lipinski definition) is 4. The molecule has 0 aromatic heterocycles. The molecule has 0 saturated heterocycles. The van der Waals surface area contributed by atoms with Crippen molar-refractivity contribution in [2.24, 2.45) is 0 Å². The predicted octanol–water partition coefficient (Wildman–Crippen LogP) is 4.38. The number of carbonyl (C=O) groups excluding carboxylic acids is 2. The first-order valence-electron chi connectivity index (χ1n) is 8.01. The highest BCUT2D eigenvalue weighted by Crippen LogP contribution is 2.22. The van der Waals surface area contributed by atoms with Crippen LogP contribution in [0.15, 0.2) is 48.6 Å². The molecule has 0 radical (unpaired) electrons. The van der Waals surface area contributed by atoms with E-state index in [0.717, 1.165) is 22.3 Å². The molecule has 0 amide bonds. The maximum atomic E-state index is 12.1. The Morgan fingerprint density at radius 1 is 0.840 bits per heavy atom. The van der Waals surface area contributed by atoms with Gasteiger partial charge in [0.15, 0.2) is 0 Å². The van der Waals surface area contributed by atoms with Crippen molar-refractivity contribution in [2.75, 3.05) is 0 Å². The van der Waals surface area contributed by atoms with Crippen LogP contribution >= 0.6 is 0 Å². The molecule has 0 N–H and O–H groups in total. The summed E-state index contributed by atoms with van der Waals surface area (Å²) in [4.78, 5) is 24.2. The summed E-state index contributed by atoms with van der Waals surface area (Å²) >= 11 is 0. The second kappa shape index (κ2) is 7.79. The zero-order valence-corrected chi connectivity index (χ0v) is 15.0. The number of carbonyl (C=O) groups is 2. The summed E-state index contributed by atoms with van der Waals surface area (Å²) in [6, 6.07) is 11.0. The summed E-state index contributed by atoms with van der Waals surface area (Å²) in [5.74, 6) is -0.246. The largest absolute Gasteiger partial charge is 0.426 e. The number of hydrogen-bond donors (Lipinski definition) is 0. The average Bonchev–Trinajstić information content (AvgIpc) is 2.52. The first-order valence-corrected chi connectivity index (χ1v) is 8.01. The smallest absolute Gasteiger partial charge is 0.339 e. The van der Waals surface area contributed by atoms with Gasteiger partial charge in [-0.2, -0.15) is 0 Å². The van der Waals surface area contributed by atoms with Gasteiger partial charge in [0.25, 0.3) is 0 Å². The van der Waals surface area contributed by atoms with Gasteiger partial charge in [0.1, 0.15) is 11.5 Å². The Bertz CT molecular complexity index is 834. The lowest BCUT2D eigenvalue weighted by Gasteiger charge is -2.10. The van der Waals surface area contributed by atoms with Crippen LogP contribution < -0.4 is 9.47 Å². The Hall–Kier alpha value is -2.88. The SMILES string of the molecule is C=C(CC(=O)Oc1ccc(C)cc1C)C(=O)Oc1ccc(C)cc1C. The molecule has 0 spiro atoms. The highest BCUT2D eigenvalue weighted by atomic mass is 16.5. The van der Waals surface area contributed by atoms with E-state index in [-0.39, 0.29) is 12.0 Å². The summed E-state index contributed by atoms with van der Waals surface area (Å²) in [5.41, 5.74) is 3.91. The number of aryl methyl sites for hydroxylation is 4. The van der Waals surface area contributed by atoms with Crippen molar-refractivity contribution < 1.29 is 19.1 Å². The monoisotopic (exact) mass is 338 g/mol. The molecule has 2 rings (SSSR count). The summed E-state index contributed by atoms with van der Waals surface area (Å²) in [7, 11) is 0. The Morgan fingerprint density at radius 3 is 1.80 bits per heavy atom. The van der Waals surface area contributed by atoms with Crippen molar-refractivity contribution >= 4 is 11.9 Å². The van der Waals surface area contributed by atoms with Crippen molar-refractivity contribution in [3.05, 3.63) is 70.8 Å². The molecule has 0 aliphatic heterocycles. The van der Waals surface area contributed by atoms with E-state index >= 15 is 0 Å². The molecule has 4 heteroatoms. The molecule has 0 fully saturated rings. The van der Waals surface area contributed by atoms with E-state index in [4.69, 9.17) is 9.47 Å². The Kier molecular flexibility index (Phi) is 5.75. The third kappa shape index (κ3) is 5.05. The van der Waals surface area contributed by atoms with Crippen LogP contribution in [0.4, 0.5) is 0 Å². The number of esters is 2. The topological polar surface area (TPSA) is 52.6 Å². The molecule has 0 atom stereocenters. The fourth-order valence-electron chi connectivity index (χ4n) is 2.40. The third-order valence-electron chi connectivity index (χ3n) is 3.73. The molecule has 0 aliphatic carbocycles. The third-order valence-corrected chi connectivity index (χ3v) is 3.73. The van der Waals surface area contributed by atoms with Gasteiger partial charge in [0, 0.05) is 5.57 Å². The van der Waals surface area contributed by atoms with E-state index in [1.165, 1.54) is 0 Å². The van der Waals surface area contributed by atoms with Gasteiger partial charge in [-0.15, -0.1) is 0 Å². The van der Waals surface area contributed by atoms with Crippen LogP contribution in [0.1, 0.15) is 28.7 Å². The highest BCUT2D eigenvalue weighted by Gasteiger charge is 2.17. The molecule has 4 nitrogen and oxygen atoms in total. The molecule has 2 aromatic rings. The van der Waals surface area contributed by atoms with Gasteiger partial charge in [-0.05, 0) is 51.0 Å². The lowest BCUT2D eigenvalue weighted by atomic mass is 10.1. The minimum Gasteiger partial charge on any atom is -0.426 e. The maximum absolute atomic E-state index is 12.1. The van der Waals surface area contributed by atoms with E-state index < -0.39 is 11.9 Å². The predicted molar refractivity (Wildman–Crippen MR) is 96.9 cm³/mol. The second-order valence-electron chi connectivity index (χ2n) is 6.18. The van der Waals surface area contributed by atoms with Crippen LogP contribution in [0.5, 0.6) is 11.5 Å². The van der Waals surface area contributed by atoms with Crippen LogP contribution in [0.25, 0.3) is 0 Å². The van der Waals surface area contributed by atoms with Gasteiger partial charge in [0.2, 0.25) is 0 Å². The summed E-state index contributed by atoms with van der Waals surface area (Å²) < 4.78 is 10.6. The molecular formula is C21H22O4. The van der Waals surface area contributed by atoms with Crippen LogP contribution in [0.3, 0.4) is 0 Å². The summed E-state index contributed by atoms with van der Waals surface area (Å²) in [5, 5.41) is 0. The van der Waals surface area contributed by atoms with Crippen LogP contribution in [-0.2, 0) is 9.59 Å². The van der Waals surface area contributed by atoms with E-state index in [1.807, 2.05) is 52.0 Å². The quantitative estimate of drug-likeness (QED) is 0.461.